The van der Waals surface area contributed by atoms with Crippen LogP contribution in [-0.2, 0) is 0 Å². The van der Waals surface area contributed by atoms with Crippen LogP contribution in [0, 0.1) is 0 Å². The second-order valence-corrected chi connectivity index (χ2v) is 3.30. The summed E-state index contributed by atoms with van der Waals surface area (Å²) in [6.45, 7) is 4.35. The Labute approximate surface area is 79.4 Å². The first-order valence-electron chi connectivity index (χ1n) is 4.70. The molecule has 0 bridgehead atoms. The van der Waals surface area contributed by atoms with Crippen molar-refractivity contribution in [3.05, 3.63) is 18.3 Å². The minimum Gasteiger partial charge on any atom is -0.384 e. The van der Waals surface area contributed by atoms with Gasteiger partial charge in [-0.15, -0.1) is 0 Å². The number of hydrogen-bond acceptors (Lipinski definition) is 3. The van der Waals surface area contributed by atoms with Crippen molar-refractivity contribution in [3.63, 3.8) is 0 Å². The van der Waals surface area contributed by atoms with Crippen molar-refractivity contribution in [3.8, 4) is 0 Å². The molecule has 3 heteroatoms. The number of anilines is 2. The molecule has 0 aliphatic heterocycles. The molecule has 0 saturated carbocycles. The second-order valence-electron chi connectivity index (χ2n) is 3.30. The van der Waals surface area contributed by atoms with E-state index in [1.807, 2.05) is 12.1 Å². The molecule has 0 aromatic carbocycles. The maximum atomic E-state index is 5.56. The molecule has 1 atom stereocenters. The smallest absolute Gasteiger partial charge is 0.125 e. The topological polar surface area (TPSA) is 50.9 Å². The molecule has 1 aromatic rings. The van der Waals surface area contributed by atoms with Gasteiger partial charge in [-0.25, -0.2) is 4.98 Å². The predicted octanol–water partition coefficient (Wildman–Crippen LogP) is 2.26. The number of nitrogens with zero attached hydrogens (tertiary/aromatic N) is 1. The van der Waals surface area contributed by atoms with E-state index in [0.717, 1.165) is 5.69 Å². The van der Waals surface area contributed by atoms with E-state index in [9.17, 15) is 0 Å². The number of nitrogens with one attached hydrogen (secondary N) is 1. The van der Waals surface area contributed by atoms with E-state index in [4.69, 9.17) is 5.73 Å². The van der Waals surface area contributed by atoms with Gasteiger partial charge < -0.3 is 11.1 Å². The van der Waals surface area contributed by atoms with Crippen molar-refractivity contribution in [2.24, 2.45) is 0 Å². The molecule has 0 amide bonds. The molecule has 1 heterocycles. The molecule has 72 valence electrons. The number of rotatable bonds is 4. The Morgan fingerprint density at radius 1 is 1.62 bits per heavy atom. The van der Waals surface area contributed by atoms with Crippen LogP contribution in [0.5, 0.6) is 0 Å². The van der Waals surface area contributed by atoms with E-state index >= 15 is 0 Å². The van der Waals surface area contributed by atoms with E-state index in [0.29, 0.717) is 11.9 Å². The van der Waals surface area contributed by atoms with E-state index in [2.05, 4.69) is 24.1 Å². The zero-order valence-corrected chi connectivity index (χ0v) is 8.25. The van der Waals surface area contributed by atoms with Crippen molar-refractivity contribution >= 4 is 11.5 Å². The van der Waals surface area contributed by atoms with E-state index in [-0.39, 0.29) is 0 Å². The monoisotopic (exact) mass is 179 g/mol. The number of aromatic nitrogens is 1. The van der Waals surface area contributed by atoms with Gasteiger partial charge in [-0.2, -0.15) is 0 Å². The molecule has 0 unspecified atom stereocenters. The van der Waals surface area contributed by atoms with Crippen LogP contribution in [0.15, 0.2) is 18.3 Å². The maximum Gasteiger partial charge on any atom is 0.125 e. The molecular weight excluding hydrogens is 162 g/mol. The van der Waals surface area contributed by atoms with Crippen LogP contribution in [0.1, 0.15) is 26.7 Å². The van der Waals surface area contributed by atoms with Gasteiger partial charge in [-0.1, -0.05) is 13.3 Å². The van der Waals surface area contributed by atoms with Crippen molar-refractivity contribution in [2.75, 3.05) is 11.1 Å². The van der Waals surface area contributed by atoms with E-state index < -0.39 is 0 Å². The van der Waals surface area contributed by atoms with Crippen molar-refractivity contribution in [1.82, 2.24) is 4.98 Å². The fourth-order valence-corrected chi connectivity index (χ4v) is 1.33. The normalized spacial score (nSPS) is 12.5. The Morgan fingerprint density at radius 3 is 3.00 bits per heavy atom. The van der Waals surface area contributed by atoms with E-state index in [1.165, 1.54) is 12.8 Å². The van der Waals surface area contributed by atoms with Gasteiger partial charge in [0.2, 0.25) is 0 Å². The van der Waals surface area contributed by atoms with E-state index in [1.54, 1.807) is 6.20 Å². The lowest BCUT2D eigenvalue weighted by atomic mass is 10.2. The van der Waals surface area contributed by atoms with Gasteiger partial charge in [0, 0.05) is 24.0 Å². The van der Waals surface area contributed by atoms with Gasteiger partial charge in [-0.05, 0) is 19.4 Å². The third-order valence-corrected chi connectivity index (χ3v) is 1.92. The highest BCUT2D eigenvalue weighted by Crippen LogP contribution is 2.11. The summed E-state index contributed by atoms with van der Waals surface area (Å²) < 4.78 is 0. The third kappa shape index (κ3) is 3.32. The van der Waals surface area contributed by atoms with Crippen LogP contribution in [0.2, 0.25) is 0 Å². The zero-order valence-electron chi connectivity index (χ0n) is 8.25. The first-order chi connectivity index (χ1) is 6.22. The number of nitrogens with two attached hydrogens (primary N) is 1. The molecule has 13 heavy (non-hydrogen) atoms. The van der Waals surface area contributed by atoms with Gasteiger partial charge in [0.1, 0.15) is 5.82 Å². The van der Waals surface area contributed by atoms with Crippen molar-refractivity contribution in [2.45, 2.75) is 32.7 Å². The highest BCUT2D eigenvalue weighted by atomic mass is 14.9. The Hall–Kier alpha value is -1.25. The van der Waals surface area contributed by atoms with Crippen molar-refractivity contribution < 1.29 is 0 Å². The summed E-state index contributed by atoms with van der Waals surface area (Å²) in [6.07, 6.45) is 4.08. The highest BCUT2D eigenvalue weighted by Gasteiger charge is 2.00. The quantitative estimate of drug-likeness (QED) is 0.745. The molecule has 1 aromatic heterocycles. The van der Waals surface area contributed by atoms with Gasteiger partial charge >= 0.3 is 0 Å². The standard InChI is InChI=1S/C10H17N3/c1-3-4-8(2)13-9-5-6-12-10(11)7-9/h5-8H,3-4H2,1-2H3,(H3,11,12,13)/t8-/m1/s1. The lowest BCUT2D eigenvalue weighted by Gasteiger charge is -2.13. The van der Waals surface area contributed by atoms with Crippen LogP contribution in [0.4, 0.5) is 11.5 Å². The van der Waals surface area contributed by atoms with Crippen LogP contribution >= 0.6 is 0 Å². The molecule has 0 radical (unpaired) electrons. The molecule has 1 rings (SSSR count). The molecular formula is C10H17N3. The lowest BCUT2D eigenvalue weighted by Crippen LogP contribution is -2.14. The highest BCUT2D eigenvalue weighted by molar-refractivity contribution is 5.50. The van der Waals surface area contributed by atoms with Gasteiger partial charge in [-0.3, -0.25) is 0 Å². The summed E-state index contributed by atoms with van der Waals surface area (Å²) in [5.74, 6) is 0.564. The molecule has 0 fully saturated rings. The molecule has 0 aliphatic carbocycles. The summed E-state index contributed by atoms with van der Waals surface area (Å²) in [6, 6.07) is 4.28. The Kier molecular flexibility index (Phi) is 3.55. The number of hydrogen-bond donors (Lipinski definition) is 2. The Balaban J connectivity index is 2.53. The summed E-state index contributed by atoms with van der Waals surface area (Å²) in [4.78, 5) is 3.93. The van der Waals surface area contributed by atoms with Gasteiger partial charge in [0.25, 0.3) is 0 Å². The summed E-state index contributed by atoms with van der Waals surface area (Å²) in [7, 11) is 0. The van der Waals surface area contributed by atoms with Crippen LogP contribution in [-0.4, -0.2) is 11.0 Å². The average Bonchev–Trinajstić information content (AvgIpc) is 2.04. The largest absolute Gasteiger partial charge is 0.384 e. The minimum absolute atomic E-state index is 0.492. The molecule has 3 nitrogen and oxygen atoms in total. The van der Waals surface area contributed by atoms with Gasteiger partial charge in [0.05, 0.1) is 0 Å². The van der Waals surface area contributed by atoms with Gasteiger partial charge in [0.15, 0.2) is 0 Å². The molecule has 3 N–H and O–H groups in total. The first-order valence-corrected chi connectivity index (χ1v) is 4.70. The summed E-state index contributed by atoms with van der Waals surface area (Å²) in [5.41, 5.74) is 6.61. The van der Waals surface area contributed by atoms with Crippen LogP contribution in [0.3, 0.4) is 0 Å². The summed E-state index contributed by atoms with van der Waals surface area (Å²) in [5, 5.41) is 3.36. The second kappa shape index (κ2) is 4.70. The zero-order chi connectivity index (χ0) is 9.68. The number of nitrogen functional groups attached to an aromatic ring is 1. The van der Waals surface area contributed by atoms with Crippen molar-refractivity contribution in [1.29, 1.82) is 0 Å². The number of pyridine rings is 1. The third-order valence-electron chi connectivity index (χ3n) is 1.92. The molecule has 0 spiro atoms. The fourth-order valence-electron chi connectivity index (χ4n) is 1.33. The minimum atomic E-state index is 0.492. The first kappa shape index (κ1) is 9.84. The van der Waals surface area contributed by atoms with Crippen LogP contribution in [0.25, 0.3) is 0 Å². The van der Waals surface area contributed by atoms with Crippen LogP contribution < -0.4 is 11.1 Å². The predicted molar refractivity (Wildman–Crippen MR) is 56.6 cm³/mol. The fraction of sp³-hybridized carbons (Fsp3) is 0.500. The maximum absolute atomic E-state index is 5.56. The Bertz CT molecular complexity index is 260. The molecule has 0 aliphatic rings. The average molecular weight is 179 g/mol. The lowest BCUT2D eigenvalue weighted by molar-refractivity contribution is 0.690. The summed E-state index contributed by atoms with van der Waals surface area (Å²) >= 11 is 0. The Morgan fingerprint density at radius 2 is 2.38 bits per heavy atom. The molecule has 0 saturated heterocycles. The SMILES string of the molecule is CCC[C@@H](C)Nc1ccnc(N)c1.